The van der Waals surface area contributed by atoms with Crippen molar-refractivity contribution in [3.05, 3.63) is 36.0 Å². The molecule has 5 rings (SSSR count). The Morgan fingerprint density at radius 2 is 2.04 bits per heavy atom. The van der Waals surface area contributed by atoms with Crippen molar-refractivity contribution in [3.8, 4) is 0 Å². The summed E-state index contributed by atoms with van der Waals surface area (Å²) in [7, 11) is 0. The van der Waals surface area contributed by atoms with E-state index in [-0.39, 0.29) is 18.0 Å². The number of carbonyl (C=O) groups is 2. The standard InChI is InChI=1S/C21H24N2O3/c24-20-12-23-11-14(20)7-13-5-6-15(23)9-16(8-13)26-21(25)18-10-22-19-4-2-1-3-17(18)19/h1-4,10,13-16,22H,5-9,11-12H2/t13-,14?,15-,16+/m1/s1. The van der Waals surface area contributed by atoms with Gasteiger partial charge >= 0.3 is 5.97 Å². The number of Topliss-reactive ketones (excluding diaryl/α,β-unsaturated/α-hetero) is 1. The number of fused-ring (bicyclic) bond motifs is 7. The minimum absolute atomic E-state index is 0.0527. The number of ether oxygens (including phenoxy) is 1. The fourth-order valence-corrected chi connectivity index (χ4v) is 5.20. The van der Waals surface area contributed by atoms with Crippen LogP contribution in [0.4, 0.5) is 0 Å². The topological polar surface area (TPSA) is 62.4 Å². The molecule has 26 heavy (non-hydrogen) atoms. The largest absolute Gasteiger partial charge is 0.459 e. The van der Waals surface area contributed by atoms with Crippen LogP contribution in [0.3, 0.4) is 0 Å². The third-order valence-corrected chi connectivity index (χ3v) is 6.53. The van der Waals surface area contributed by atoms with Gasteiger partial charge in [0.25, 0.3) is 0 Å². The number of rotatable bonds is 2. The average Bonchev–Trinajstić information content (AvgIpc) is 3.17. The van der Waals surface area contributed by atoms with E-state index >= 15 is 0 Å². The van der Waals surface area contributed by atoms with Gasteiger partial charge in [-0.25, -0.2) is 4.79 Å². The monoisotopic (exact) mass is 352 g/mol. The molecule has 3 fully saturated rings. The van der Waals surface area contributed by atoms with E-state index in [0.717, 1.165) is 49.6 Å². The predicted molar refractivity (Wildman–Crippen MR) is 97.9 cm³/mol. The first-order valence-corrected chi connectivity index (χ1v) is 9.71. The van der Waals surface area contributed by atoms with Gasteiger partial charge in [-0.1, -0.05) is 18.2 Å². The molecule has 1 aromatic heterocycles. The molecule has 1 aromatic carbocycles. The zero-order valence-electron chi connectivity index (χ0n) is 14.8. The van der Waals surface area contributed by atoms with Gasteiger partial charge in [0.1, 0.15) is 6.10 Å². The number of ketones is 1. The van der Waals surface area contributed by atoms with Gasteiger partial charge in [0.15, 0.2) is 5.78 Å². The highest BCUT2D eigenvalue weighted by Crippen LogP contribution is 2.38. The van der Waals surface area contributed by atoms with Crippen molar-refractivity contribution in [3.63, 3.8) is 0 Å². The van der Waals surface area contributed by atoms with Gasteiger partial charge in [0.05, 0.1) is 12.1 Å². The number of esters is 1. The summed E-state index contributed by atoms with van der Waals surface area (Å²) in [5.41, 5.74) is 1.57. The molecular weight excluding hydrogens is 328 g/mol. The molecule has 2 unspecified atom stereocenters. The molecule has 1 saturated carbocycles. The fourth-order valence-electron chi connectivity index (χ4n) is 5.20. The Kier molecular flexibility index (Phi) is 3.85. The predicted octanol–water partition coefficient (Wildman–Crippen LogP) is 3.16. The van der Waals surface area contributed by atoms with Crippen molar-refractivity contribution >= 4 is 22.7 Å². The molecule has 2 aromatic rings. The maximum Gasteiger partial charge on any atom is 0.340 e. The Morgan fingerprint density at radius 1 is 1.15 bits per heavy atom. The van der Waals surface area contributed by atoms with Crippen LogP contribution in [0.15, 0.2) is 30.5 Å². The first-order chi connectivity index (χ1) is 12.7. The molecule has 136 valence electrons. The normalized spacial score (nSPS) is 33.7. The number of nitrogens with zero attached hydrogens (tertiary/aromatic N) is 1. The first-order valence-electron chi connectivity index (χ1n) is 9.71. The summed E-state index contributed by atoms with van der Waals surface area (Å²) in [6.45, 7) is 1.49. The molecule has 1 N–H and O–H groups in total. The lowest BCUT2D eigenvalue weighted by Crippen LogP contribution is -2.36. The number of benzene rings is 1. The van der Waals surface area contributed by atoms with E-state index in [1.807, 2.05) is 24.3 Å². The lowest BCUT2D eigenvalue weighted by Gasteiger charge is -2.28. The van der Waals surface area contributed by atoms with Crippen molar-refractivity contribution in [2.24, 2.45) is 11.8 Å². The zero-order valence-corrected chi connectivity index (χ0v) is 14.8. The number of nitrogens with one attached hydrogen (secondary N) is 1. The molecule has 4 bridgehead atoms. The number of aromatic amines is 1. The van der Waals surface area contributed by atoms with Crippen LogP contribution >= 0.6 is 0 Å². The summed E-state index contributed by atoms with van der Waals surface area (Å²) in [4.78, 5) is 30.5. The molecule has 3 aliphatic rings. The number of aromatic nitrogens is 1. The number of para-hydroxylation sites is 1. The molecule has 2 saturated heterocycles. The second kappa shape index (κ2) is 6.23. The van der Waals surface area contributed by atoms with Gasteiger partial charge in [-0.3, -0.25) is 9.69 Å². The molecule has 5 heteroatoms. The van der Waals surface area contributed by atoms with Crippen molar-refractivity contribution in [2.75, 3.05) is 13.1 Å². The summed E-state index contributed by atoms with van der Waals surface area (Å²) < 4.78 is 5.98. The molecule has 0 spiro atoms. The SMILES string of the molecule is O=C(O[C@H]1C[C@@H]2CC[C@H](C1)N1CC(=O)C(C2)C1)c1c[nH]c2ccccc12. The summed E-state index contributed by atoms with van der Waals surface area (Å²) in [6.07, 6.45) is 6.66. The third kappa shape index (κ3) is 2.75. The maximum absolute atomic E-state index is 12.8. The highest BCUT2D eigenvalue weighted by molar-refractivity contribution is 6.04. The summed E-state index contributed by atoms with van der Waals surface area (Å²) in [6, 6.07) is 8.18. The number of H-pyrrole nitrogens is 1. The van der Waals surface area contributed by atoms with Crippen LogP contribution < -0.4 is 0 Å². The van der Waals surface area contributed by atoms with E-state index in [9.17, 15) is 9.59 Å². The molecule has 5 nitrogen and oxygen atoms in total. The van der Waals surface area contributed by atoms with E-state index < -0.39 is 0 Å². The molecule has 2 aliphatic heterocycles. The molecule has 5 atom stereocenters. The quantitative estimate of drug-likeness (QED) is 0.844. The fraction of sp³-hybridized carbons (Fsp3) is 0.524. The molecule has 0 amide bonds. The van der Waals surface area contributed by atoms with E-state index in [1.54, 1.807) is 6.20 Å². The minimum Gasteiger partial charge on any atom is -0.459 e. The first kappa shape index (κ1) is 16.1. The van der Waals surface area contributed by atoms with Crippen LogP contribution in [0.25, 0.3) is 10.9 Å². The van der Waals surface area contributed by atoms with Gasteiger partial charge in [-0.05, 0) is 44.1 Å². The van der Waals surface area contributed by atoms with Gasteiger partial charge < -0.3 is 9.72 Å². The molecular formula is C21H24N2O3. The second-order valence-corrected chi connectivity index (χ2v) is 8.17. The second-order valence-electron chi connectivity index (χ2n) is 8.17. The summed E-state index contributed by atoms with van der Waals surface area (Å²) in [5, 5.41) is 0.914. The van der Waals surface area contributed by atoms with Crippen LogP contribution in [0.2, 0.25) is 0 Å². The van der Waals surface area contributed by atoms with Crippen molar-refractivity contribution in [1.82, 2.24) is 9.88 Å². The third-order valence-electron chi connectivity index (χ3n) is 6.53. The zero-order chi connectivity index (χ0) is 17.7. The summed E-state index contributed by atoms with van der Waals surface area (Å²) in [5.74, 6) is 0.874. The van der Waals surface area contributed by atoms with Gasteiger partial charge in [-0.2, -0.15) is 0 Å². The maximum atomic E-state index is 12.8. The van der Waals surface area contributed by atoms with Crippen LogP contribution in [0.1, 0.15) is 42.5 Å². The highest BCUT2D eigenvalue weighted by atomic mass is 16.5. The van der Waals surface area contributed by atoms with Crippen LogP contribution in [-0.4, -0.2) is 46.9 Å². The highest BCUT2D eigenvalue weighted by Gasteiger charge is 2.42. The summed E-state index contributed by atoms with van der Waals surface area (Å²) >= 11 is 0. The van der Waals surface area contributed by atoms with E-state index in [2.05, 4.69) is 9.88 Å². The Hall–Kier alpha value is -2.14. The Morgan fingerprint density at radius 3 is 2.96 bits per heavy atom. The molecule has 1 aliphatic carbocycles. The van der Waals surface area contributed by atoms with Crippen LogP contribution in [0.5, 0.6) is 0 Å². The number of carbonyl (C=O) groups excluding carboxylic acids is 2. The van der Waals surface area contributed by atoms with Gasteiger partial charge in [0, 0.05) is 35.6 Å². The van der Waals surface area contributed by atoms with Crippen LogP contribution in [0, 0.1) is 11.8 Å². The van der Waals surface area contributed by atoms with E-state index in [0.29, 0.717) is 29.9 Å². The molecule has 3 heterocycles. The Labute approximate surface area is 152 Å². The Balaban J connectivity index is 1.36. The van der Waals surface area contributed by atoms with Gasteiger partial charge in [0.2, 0.25) is 0 Å². The van der Waals surface area contributed by atoms with Crippen molar-refractivity contribution < 1.29 is 14.3 Å². The lowest BCUT2D eigenvalue weighted by molar-refractivity contribution is -0.120. The minimum atomic E-state index is -0.234. The lowest BCUT2D eigenvalue weighted by atomic mass is 9.87. The smallest absolute Gasteiger partial charge is 0.340 e. The van der Waals surface area contributed by atoms with Gasteiger partial charge in [-0.15, -0.1) is 0 Å². The van der Waals surface area contributed by atoms with E-state index in [4.69, 9.17) is 4.74 Å². The van der Waals surface area contributed by atoms with Crippen molar-refractivity contribution in [2.45, 2.75) is 44.2 Å². The number of hydrogen-bond donors (Lipinski definition) is 1. The number of hydrogen-bond acceptors (Lipinski definition) is 4. The van der Waals surface area contributed by atoms with Crippen molar-refractivity contribution in [1.29, 1.82) is 0 Å². The van der Waals surface area contributed by atoms with Crippen LogP contribution in [-0.2, 0) is 9.53 Å². The average molecular weight is 352 g/mol. The molecule has 0 radical (unpaired) electrons. The Bertz CT molecular complexity index is 858. The van der Waals surface area contributed by atoms with E-state index in [1.165, 1.54) is 0 Å².